The minimum atomic E-state index is -1.35. The first kappa shape index (κ1) is 25.5. The Hall–Kier alpha value is -1.75. The fourth-order valence-electron chi connectivity index (χ4n) is 1.46. The van der Waals surface area contributed by atoms with Crippen molar-refractivity contribution in [1.29, 1.82) is 0 Å². The normalized spacial score (nSPS) is 13.2. The number of aliphatic hydroxyl groups excluding tert-OH is 2. The number of carbonyl (C=O) groups excluding carboxylic acids is 1. The zero-order chi connectivity index (χ0) is 20.0. The predicted molar refractivity (Wildman–Crippen MR) is 90.7 cm³/mol. The van der Waals surface area contributed by atoms with Gasteiger partial charge < -0.3 is 37.2 Å². The Balaban J connectivity index is 0. The number of nitrogens with two attached hydrogens (primary N) is 2. The summed E-state index contributed by atoms with van der Waals surface area (Å²) in [5.74, 6) is -2.63. The molecule has 9 N–H and O–H groups in total. The lowest BCUT2D eigenvalue weighted by molar-refractivity contribution is -0.139. The van der Waals surface area contributed by atoms with Gasteiger partial charge in [-0.3, -0.25) is 14.4 Å². The molecule has 0 aliphatic rings. The number of nitrogens with one attached hydrogen (secondary N) is 1. The van der Waals surface area contributed by atoms with E-state index < -0.39 is 35.4 Å². The third kappa shape index (κ3) is 13.2. The van der Waals surface area contributed by atoms with Gasteiger partial charge in [-0.2, -0.15) is 0 Å². The van der Waals surface area contributed by atoms with Gasteiger partial charge in [-0.1, -0.05) is 20.3 Å². The highest BCUT2D eigenvalue weighted by Crippen LogP contribution is 2.19. The summed E-state index contributed by atoms with van der Waals surface area (Å²) in [6.45, 7) is 3.31. The Morgan fingerprint density at radius 2 is 1.72 bits per heavy atom. The maximum absolute atomic E-state index is 11.3. The van der Waals surface area contributed by atoms with Crippen molar-refractivity contribution in [2.45, 2.75) is 51.7 Å². The molecule has 10 nitrogen and oxygen atoms in total. The second-order valence-electron chi connectivity index (χ2n) is 6.21. The number of rotatable bonds is 11. The number of carbonyl (C=O) groups is 3. The molecule has 0 aliphatic heterocycles. The fraction of sp³-hybridized carbons (Fsp3) is 0.800. The van der Waals surface area contributed by atoms with Gasteiger partial charge in [0.2, 0.25) is 5.91 Å². The molecule has 0 aliphatic carbocycles. The van der Waals surface area contributed by atoms with Crippen LogP contribution >= 0.6 is 0 Å². The summed E-state index contributed by atoms with van der Waals surface area (Å²) < 4.78 is 0. The van der Waals surface area contributed by atoms with Crippen molar-refractivity contribution in [3.05, 3.63) is 0 Å². The summed E-state index contributed by atoms with van der Waals surface area (Å²) in [4.78, 5) is 31.6. The van der Waals surface area contributed by atoms with Crippen molar-refractivity contribution >= 4 is 17.8 Å². The van der Waals surface area contributed by atoms with E-state index in [-0.39, 0.29) is 19.6 Å². The minimum absolute atomic E-state index is 0.0350. The second kappa shape index (κ2) is 13.5. The van der Waals surface area contributed by atoms with E-state index in [1.54, 1.807) is 0 Å². The maximum Gasteiger partial charge on any atom is 0.320 e. The lowest BCUT2D eigenvalue weighted by atomic mass is 9.87. The number of aliphatic carboxylic acids is 2. The summed E-state index contributed by atoms with van der Waals surface area (Å²) in [6, 6.07) is -0.716. The second-order valence-corrected chi connectivity index (χ2v) is 6.21. The zero-order valence-electron chi connectivity index (χ0n) is 14.8. The van der Waals surface area contributed by atoms with Crippen LogP contribution in [-0.4, -0.2) is 70.1 Å². The van der Waals surface area contributed by atoms with E-state index >= 15 is 0 Å². The van der Waals surface area contributed by atoms with Gasteiger partial charge in [0, 0.05) is 12.0 Å². The first-order valence-corrected chi connectivity index (χ1v) is 7.96. The number of carboxylic acids is 2. The van der Waals surface area contributed by atoms with Crippen LogP contribution in [0, 0.1) is 5.41 Å². The summed E-state index contributed by atoms with van der Waals surface area (Å²) in [6.07, 6.45) is 0.617. The minimum Gasteiger partial charge on any atom is -0.481 e. The number of hydrogen-bond acceptors (Lipinski definition) is 7. The van der Waals surface area contributed by atoms with Gasteiger partial charge in [0.1, 0.15) is 12.1 Å². The maximum atomic E-state index is 11.3. The molecule has 0 bridgehead atoms. The third-order valence-electron chi connectivity index (χ3n) is 3.32. The molecule has 25 heavy (non-hydrogen) atoms. The fourth-order valence-corrected chi connectivity index (χ4v) is 1.46. The molecule has 0 heterocycles. The van der Waals surface area contributed by atoms with Crippen LogP contribution in [0.15, 0.2) is 0 Å². The highest BCUT2D eigenvalue weighted by atomic mass is 16.4. The van der Waals surface area contributed by atoms with Gasteiger partial charge in [-0.25, -0.2) is 0 Å². The Morgan fingerprint density at radius 1 is 1.16 bits per heavy atom. The molecule has 0 saturated heterocycles. The van der Waals surface area contributed by atoms with Gasteiger partial charge in [0.15, 0.2) is 0 Å². The molecular weight excluding hydrogens is 334 g/mol. The Kier molecular flexibility index (Phi) is 13.8. The van der Waals surface area contributed by atoms with E-state index in [0.717, 1.165) is 12.8 Å². The molecule has 0 aromatic carbocycles. The van der Waals surface area contributed by atoms with E-state index in [1.165, 1.54) is 13.8 Å². The van der Waals surface area contributed by atoms with Crippen molar-refractivity contribution in [1.82, 2.24) is 5.32 Å². The van der Waals surface area contributed by atoms with Crippen LogP contribution in [0.25, 0.3) is 0 Å². The van der Waals surface area contributed by atoms with Crippen LogP contribution in [0.1, 0.15) is 39.5 Å². The van der Waals surface area contributed by atoms with E-state index in [9.17, 15) is 19.5 Å². The van der Waals surface area contributed by atoms with Crippen molar-refractivity contribution in [3.8, 4) is 0 Å². The van der Waals surface area contributed by atoms with Crippen LogP contribution in [0.2, 0.25) is 0 Å². The van der Waals surface area contributed by atoms with Gasteiger partial charge in [0.05, 0.1) is 13.0 Å². The van der Waals surface area contributed by atoms with E-state index in [1.807, 2.05) is 0 Å². The number of carboxylic acid groups (broad SMARTS) is 2. The lowest BCUT2D eigenvalue weighted by Crippen LogP contribution is -2.45. The Morgan fingerprint density at radius 3 is 2.12 bits per heavy atom. The number of hydrogen-bond donors (Lipinski definition) is 7. The monoisotopic (exact) mass is 365 g/mol. The van der Waals surface area contributed by atoms with Crippen molar-refractivity contribution in [2.75, 3.05) is 19.7 Å². The summed E-state index contributed by atoms with van der Waals surface area (Å²) in [7, 11) is 0. The van der Waals surface area contributed by atoms with E-state index in [2.05, 4.69) is 5.32 Å². The smallest absolute Gasteiger partial charge is 0.320 e. The average Bonchev–Trinajstić information content (AvgIpc) is 2.54. The highest BCUT2D eigenvalue weighted by molar-refractivity contribution is 5.81. The van der Waals surface area contributed by atoms with Crippen LogP contribution in [0.4, 0.5) is 0 Å². The molecule has 0 spiro atoms. The van der Waals surface area contributed by atoms with Crippen molar-refractivity contribution < 1.29 is 34.8 Å². The number of amides is 1. The first-order valence-electron chi connectivity index (χ1n) is 7.96. The molecule has 1 amide bonds. The van der Waals surface area contributed by atoms with E-state index in [4.69, 9.17) is 26.8 Å². The standard InChI is InChI=1S/C9H17NO5.C6H14N2O2/c1-9(2,5-11)7(14)8(15)10-4-3-6(12)13;7-4-2-1-3-5(8)6(9)10/h7,11,14H,3-5H2,1-2H3,(H,10,15)(H,12,13);5H,1-4,7-8H2,(H,9,10)/t;5-/m.0/s1. The molecule has 148 valence electrons. The van der Waals surface area contributed by atoms with Crippen LogP contribution < -0.4 is 16.8 Å². The Bertz CT molecular complexity index is 416. The molecule has 10 heteroatoms. The predicted octanol–water partition coefficient (Wildman–Crippen LogP) is -1.52. The van der Waals surface area contributed by atoms with Crippen molar-refractivity contribution in [2.24, 2.45) is 16.9 Å². The molecule has 0 radical (unpaired) electrons. The van der Waals surface area contributed by atoms with Crippen LogP contribution in [0.5, 0.6) is 0 Å². The molecule has 2 atom stereocenters. The lowest BCUT2D eigenvalue weighted by Gasteiger charge is -2.26. The van der Waals surface area contributed by atoms with Gasteiger partial charge in [-0.15, -0.1) is 0 Å². The third-order valence-corrected chi connectivity index (χ3v) is 3.32. The quantitative estimate of drug-likeness (QED) is 0.213. The molecule has 0 rings (SSSR count). The van der Waals surface area contributed by atoms with Gasteiger partial charge in [0.25, 0.3) is 0 Å². The zero-order valence-corrected chi connectivity index (χ0v) is 14.8. The summed E-state index contributed by atoms with van der Waals surface area (Å²) in [5, 5.41) is 37.3. The molecule has 1 unspecified atom stereocenters. The SMILES string of the molecule is CC(C)(CO)C(O)C(=O)NCCC(=O)O.NCCCC[C@H](N)C(=O)O. The molecule has 0 aromatic rings. The van der Waals surface area contributed by atoms with Crippen LogP contribution in [-0.2, 0) is 14.4 Å². The summed E-state index contributed by atoms with van der Waals surface area (Å²) in [5.41, 5.74) is 9.48. The Labute approximate surface area is 147 Å². The van der Waals surface area contributed by atoms with Crippen molar-refractivity contribution in [3.63, 3.8) is 0 Å². The van der Waals surface area contributed by atoms with Gasteiger partial charge >= 0.3 is 11.9 Å². The van der Waals surface area contributed by atoms with Gasteiger partial charge in [-0.05, 0) is 19.4 Å². The topological polar surface area (TPSA) is 196 Å². The van der Waals surface area contributed by atoms with Crippen LogP contribution in [0.3, 0.4) is 0 Å². The molecule has 0 saturated carbocycles. The molecule has 0 fully saturated rings. The summed E-state index contributed by atoms with van der Waals surface area (Å²) >= 11 is 0. The largest absolute Gasteiger partial charge is 0.481 e. The number of aliphatic hydroxyl groups is 2. The first-order chi connectivity index (χ1) is 11.5. The molecule has 0 aromatic heterocycles. The van der Waals surface area contributed by atoms with E-state index in [0.29, 0.717) is 13.0 Å². The highest BCUT2D eigenvalue weighted by Gasteiger charge is 2.32. The molecular formula is C15H31N3O7. The average molecular weight is 365 g/mol. The number of unbranched alkanes of at least 4 members (excludes halogenated alkanes) is 1.